The normalized spacial score (nSPS) is 17.1. The van der Waals surface area contributed by atoms with Crippen molar-refractivity contribution in [2.45, 2.75) is 19.6 Å². The molecule has 0 atom stereocenters. The summed E-state index contributed by atoms with van der Waals surface area (Å²) in [6.07, 6.45) is 1.14. The fourth-order valence-corrected chi connectivity index (χ4v) is 2.16. The van der Waals surface area contributed by atoms with Crippen LogP contribution in [0.4, 0.5) is 5.69 Å². The van der Waals surface area contributed by atoms with Gasteiger partial charge in [0.1, 0.15) is 0 Å². The predicted octanol–water partition coefficient (Wildman–Crippen LogP) is 3.78. The number of anilines is 1. The van der Waals surface area contributed by atoms with Gasteiger partial charge in [-0.1, -0.05) is 34.8 Å². The molecule has 1 aliphatic heterocycles. The third kappa shape index (κ3) is 3.43. The van der Waals surface area contributed by atoms with Crippen molar-refractivity contribution < 1.29 is 19.1 Å². The van der Waals surface area contributed by atoms with Gasteiger partial charge in [-0.2, -0.15) is 0 Å². The lowest BCUT2D eigenvalue weighted by atomic mass is 10.2. The van der Waals surface area contributed by atoms with Gasteiger partial charge in [0.25, 0.3) is 5.79 Å². The molecule has 0 amide bonds. The Hall–Kier alpha value is -1.43. The van der Waals surface area contributed by atoms with Crippen molar-refractivity contribution in [3.63, 3.8) is 0 Å². The van der Waals surface area contributed by atoms with Gasteiger partial charge in [-0.15, -0.1) is 0 Å². The molecule has 1 saturated heterocycles. The van der Waals surface area contributed by atoms with Crippen molar-refractivity contribution in [2.75, 3.05) is 5.32 Å². The van der Waals surface area contributed by atoms with E-state index in [2.05, 4.69) is 5.32 Å². The first-order chi connectivity index (χ1) is 9.71. The molecule has 1 N–H and O–H groups in total. The average Bonchev–Trinajstić information content (AvgIpc) is 2.36. The van der Waals surface area contributed by atoms with Crippen molar-refractivity contribution in [1.82, 2.24) is 0 Å². The van der Waals surface area contributed by atoms with Gasteiger partial charge >= 0.3 is 11.9 Å². The number of carbonyl (C=O) groups is 2. The first kappa shape index (κ1) is 15.9. The number of hydrogen-bond acceptors (Lipinski definition) is 5. The zero-order valence-corrected chi connectivity index (χ0v) is 13.3. The van der Waals surface area contributed by atoms with E-state index in [4.69, 9.17) is 44.3 Å². The molecular formula is C13H10Cl3NO4. The van der Waals surface area contributed by atoms with Crippen molar-refractivity contribution in [1.29, 1.82) is 0 Å². The molecule has 8 heteroatoms. The topological polar surface area (TPSA) is 64.6 Å². The number of halogens is 3. The first-order valence-corrected chi connectivity index (χ1v) is 6.91. The zero-order chi connectivity index (χ0) is 15.8. The van der Waals surface area contributed by atoms with Crippen LogP contribution < -0.4 is 5.32 Å². The molecule has 0 saturated carbocycles. The van der Waals surface area contributed by atoms with Crippen molar-refractivity contribution in [3.8, 4) is 0 Å². The Morgan fingerprint density at radius 1 is 1.05 bits per heavy atom. The summed E-state index contributed by atoms with van der Waals surface area (Å²) in [5, 5.41) is 3.32. The third-order valence-corrected chi connectivity index (χ3v) is 3.82. The smallest absolute Gasteiger partial charge is 0.350 e. The highest BCUT2D eigenvalue weighted by atomic mass is 35.5. The van der Waals surface area contributed by atoms with Crippen LogP contribution in [0.3, 0.4) is 0 Å². The highest BCUT2D eigenvalue weighted by molar-refractivity contribution is 6.49. The molecule has 112 valence electrons. The fourth-order valence-electron chi connectivity index (χ4n) is 1.57. The van der Waals surface area contributed by atoms with Crippen LogP contribution in [0.15, 0.2) is 23.9 Å². The number of ether oxygens (including phenoxy) is 2. The van der Waals surface area contributed by atoms with Gasteiger partial charge in [0.2, 0.25) is 0 Å². The molecule has 1 aliphatic rings. The van der Waals surface area contributed by atoms with Gasteiger partial charge in [0, 0.05) is 20.0 Å². The second kappa shape index (κ2) is 5.75. The SMILES string of the molecule is CC1(C)OC(=O)C(=CNc2ccc(Cl)c(Cl)c2Cl)C(=O)O1. The quantitative estimate of drug-likeness (QED) is 0.380. The van der Waals surface area contributed by atoms with Crippen LogP contribution >= 0.6 is 34.8 Å². The van der Waals surface area contributed by atoms with E-state index >= 15 is 0 Å². The Bertz CT molecular complexity index is 633. The summed E-state index contributed by atoms with van der Waals surface area (Å²) in [7, 11) is 0. The molecule has 1 heterocycles. The summed E-state index contributed by atoms with van der Waals surface area (Å²) in [5.41, 5.74) is 0.0977. The second-order valence-electron chi connectivity index (χ2n) is 4.60. The highest BCUT2D eigenvalue weighted by Gasteiger charge is 2.38. The van der Waals surface area contributed by atoms with E-state index in [0.717, 1.165) is 6.20 Å². The molecule has 0 bridgehead atoms. The Morgan fingerprint density at radius 2 is 1.62 bits per heavy atom. The molecule has 0 unspecified atom stereocenters. The van der Waals surface area contributed by atoms with Crippen LogP contribution in [0.5, 0.6) is 0 Å². The van der Waals surface area contributed by atoms with Crippen LogP contribution in [-0.2, 0) is 19.1 Å². The summed E-state index contributed by atoms with van der Waals surface area (Å²) in [4.78, 5) is 23.5. The predicted molar refractivity (Wildman–Crippen MR) is 79.4 cm³/mol. The van der Waals surface area contributed by atoms with Gasteiger partial charge in [0.15, 0.2) is 5.57 Å². The molecule has 0 aliphatic carbocycles. The van der Waals surface area contributed by atoms with E-state index in [0.29, 0.717) is 5.69 Å². The fraction of sp³-hybridized carbons (Fsp3) is 0.231. The van der Waals surface area contributed by atoms with E-state index in [-0.39, 0.29) is 20.6 Å². The Labute approximate surface area is 135 Å². The number of carbonyl (C=O) groups excluding carboxylic acids is 2. The monoisotopic (exact) mass is 349 g/mol. The van der Waals surface area contributed by atoms with E-state index in [1.165, 1.54) is 19.9 Å². The minimum absolute atomic E-state index is 0.164. The Balaban J connectivity index is 2.24. The Morgan fingerprint density at radius 3 is 2.19 bits per heavy atom. The number of hydrogen-bond donors (Lipinski definition) is 1. The lowest BCUT2D eigenvalue weighted by molar-refractivity contribution is -0.222. The van der Waals surface area contributed by atoms with Gasteiger partial charge in [-0.25, -0.2) is 9.59 Å². The van der Waals surface area contributed by atoms with Crippen LogP contribution in [0.1, 0.15) is 13.8 Å². The summed E-state index contributed by atoms with van der Waals surface area (Å²) in [5.74, 6) is -2.87. The van der Waals surface area contributed by atoms with E-state index in [1.54, 1.807) is 6.07 Å². The van der Waals surface area contributed by atoms with Crippen LogP contribution in [0.2, 0.25) is 15.1 Å². The van der Waals surface area contributed by atoms with Gasteiger partial charge in [0.05, 0.1) is 20.8 Å². The van der Waals surface area contributed by atoms with Gasteiger partial charge < -0.3 is 14.8 Å². The summed E-state index contributed by atoms with van der Waals surface area (Å²) >= 11 is 17.7. The van der Waals surface area contributed by atoms with Gasteiger partial charge in [-0.3, -0.25) is 0 Å². The first-order valence-electron chi connectivity index (χ1n) is 5.78. The summed E-state index contributed by atoms with van der Waals surface area (Å²) in [6.45, 7) is 2.92. The van der Waals surface area contributed by atoms with E-state index < -0.39 is 17.7 Å². The average molecular weight is 351 g/mol. The lowest BCUT2D eigenvalue weighted by Gasteiger charge is -2.29. The molecule has 0 spiro atoms. The second-order valence-corrected chi connectivity index (χ2v) is 5.77. The lowest BCUT2D eigenvalue weighted by Crippen LogP contribution is -2.42. The minimum atomic E-state index is -1.28. The minimum Gasteiger partial charge on any atom is -0.419 e. The molecule has 2 rings (SSSR count). The number of rotatable bonds is 2. The highest BCUT2D eigenvalue weighted by Crippen LogP contribution is 2.35. The maximum Gasteiger partial charge on any atom is 0.350 e. The number of nitrogens with one attached hydrogen (secondary N) is 1. The summed E-state index contributed by atoms with van der Waals surface area (Å²) in [6, 6.07) is 3.08. The Kier molecular flexibility index (Phi) is 4.37. The van der Waals surface area contributed by atoms with E-state index in [1.807, 2.05) is 0 Å². The third-order valence-electron chi connectivity index (χ3n) is 2.52. The molecule has 0 aromatic heterocycles. The molecule has 1 fully saturated rings. The molecule has 1 aromatic carbocycles. The number of cyclic esters (lactones) is 2. The number of benzene rings is 1. The van der Waals surface area contributed by atoms with Crippen molar-refractivity contribution in [2.24, 2.45) is 0 Å². The van der Waals surface area contributed by atoms with Crippen LogP contribution in [0, 0.1) is 0 Å². The number of esters is 2. The van der Waals surface area contributed by atoms with Crippen LogP contribution in [-0.4, -0.2) is 17.7 Å². The molecule has 5 nitrogen and oxygen atoms in total. The molecular weight excluding hydrogens is 341 g/mol. The van der Waals surface area contributed by atoms with Gasteiger partial charge in [-0.05, 0) is 12.1 Å². The largest absolute Gasteiger partial charge is 0.419 e. The molecule has 0 radical (unpaired) electrons. The molecule has 21 heavy (non-hydrogen) atoms. The van der Waals surface area contributed by atoms with Crippen LogP contribution in [0.25, 0.3) is 0 Å². The molecule has 1 aromatic rings. The maximum absolute atomic E-state index is 11.7. The maximum atomic E-state index is 11.7. The summed E-state index contributed by atoms with van der Waals surface area (Å²) < 4.78 is 9.90. The standard InChI is InChI=1S/C13H10Cl3NO4/c1-13(2)20-11(18)6(12(19)21-13)5-17-8-4-3-7(14)9(15)10(8)16/h3-5,17H,1-2H3. The van der Waals surface area contributed by atoms with E-state index in [9.17, 15) is 9.59 Å². The zero-order valence-electron chi connectivity index (χ0n) is 11.0. The van der Waals surface area contributed by atoms with Crippen molar-refractivity contribution >= 4 is 52.4 Å². The van der Waals surface area contributed by atoms with Crippen molar-refractivity contribution in [3.05, 3.63) is 39.0 Å².